The summed E-state index contributed by atoms with van der Waals surface area (Å²) in [6.07, 6.45) is 3.68. The van der Waals surface area contributed by atoms with Gasteiger partial charge in [-0.1, -0.05) is 35.6 Å². The van der Waals surface area contributed by atoms with Crippen LogP contribution in [-0.2, 0) is 4.79 Å². The number of aromatic amines is 1. The van der Waals surface area contributed by atoms with Crippen molar-refractivity contribution < 1.29 is 14.3 Å². The Bertz CT molecular complexity index is 1630. The molecule has 1 aliphatic rings. The average Bonchev–Trinajstić information content (AvgIpc) is 3.56. The molecule has 1 fully saturated rings. The summed E-state index contributed by atoms with van der Waals surface area (Å²) >= 11 is 1.48. The van der Waals surface area contributed by atoms with Crippen molar-refractivity contribution in [2.75, 3.05) is 12.4 Å². The van der Waals surface area contributed by atoms with E-state index in [1.54, 1.807) is 13.3 Å². The van der Waals surface area contributed by atoms with E-state index in [4.69, 9.17) is 4.74 Å². The zero-order valence-corrected chi connectivity index (χ0v) is 21.3. The molecule has 37 heavy (non-hydrogen) atoms. The second-order valence-corrected chi connectivity index (χ2v) is 10.4. The van der Waals surface area contributed by atoms with E-state index in [9.17, 15) is 9.59 Å². The molecule has 8 heteroatoms. The Kier molecular flexibility index (Phi) is 5.88. The molecule has 0 radical (unpaired) electrons. The normalized spacial score (nSPS) is 14.0. The molecule has 7 nitrogen and oxygen atoms in total. The summed E-state index contributed by atoms with van der Waals surface area (Å²) in [6, 6.07) is 19.7. The first-order chi connectivity index (χ1) is 18.0. The highest BCUT2D eigenvalue weighted by atomic mass is 32.1. The molecule has 1 atom stereocenters. The lowest BCUT2D eigenvalue weighted by atomic mass is 10.0. The number of hydrogen-bond donors (Lipinski definition) is 3. The van der Waals surface area contributed by atoms with Crippen LogP contribution in [0.5, 0.6) is 5.75 Å². The molecule has 5 aromatic rings. The Morgan fingerprint density at radius 3 is 2.57 bits per heavy atom. The van der Waals surface area contributed by atoms with E-state index in [0.717, 1.165) is 56.4 Å². The third kappa shape index (κ3) is 4.68. The van der Waals surface area contributed by atoms with Crippen molar-refractivity contribution in [3.05, 3.63) is 78.0 Å². The molecule has 0 bridgehead atoms. The molecule has 6 rings (SSSR count). The number of aromatic nitrogens is 2. The molecule has 0 saturated heterocycles. The van der Waals surface area contributed by atoms with Gasteiger partial charge >= 0.3 is 0 Å². The van der Waals surface area contributed by atoms with Crippen LogP contribution in [0.3, 0.4) is 0 Å². The molecule has 3 N–H and O–H groups in total. The van der Waals surface area contributed by atoms with Crippen molar-refractivity contribution in [1.82, 2.24) is 15.3 Å². The highest BCUT2D eigenvalue weighted by Crippen LogP contribution is 2.34. The number of amides is 2. The van der Waals surface area contributed by atoms with Crippen LogP contribution in [0.25, 0.3) is 32.2 Å². The van der Waals surface area contributed by atoms with Crippen molar-refractivity contribution in [1.29, 1.82) is 0 Å². The minimum atomic E-state index is -0.158. The lowest BCUT2D eigenvalue weighted by molar-refractivity contribution is -0.117. The summed E-state index contributed by atoms with van der Waals surface area (Å²) in [5.41, 5.74) is 5.38. The van der Waals surface area contributed by atoms with E-state index in [1.165, 1.54) is 11.3 Å². The summed E-state index contributed by atoms with van der Waals surface area (Å²) in [6.45, 7) is 1.96. The Balaban J connectivity index is 1.24. The molecule has 1 saturated carbocycles. The summed E-state index contributed by atoms with van der Waals surface area (Å²) in [7, 11) is 1.63. The first kappa shape index (κ1) is 23.2. The molecule has 2 heterocycles. The van der Waals surface area contributed by atoms with Crippen LogP contribution in [0.2, 0.25) is 0 Å². The van der Waals surface area contributed by atoms with Gasteiger partial charge in [-0.25, -0.2) is 4.98 Å². The minimum Gasteiger partial charge on any atom is -0.497 e. The Morgan fingerprint density at radius 1 is 1.05 bits per heavy atom. The molecule has 2 amide bonds. The van der Waals surface area contributed by atoms with E-state index in [1.807, 2.05) is 61.5 Å². The van der Waals surface area contributed by atoms with Crippen LogP contribution in [-0.4, -0.2) is 28.9 Å². The van der Waals surface area contributed by atoms with Crippen LogP contribution in [0.4, 0.5) is 5.13 Å². The number of fused-ring (bicyclic) bond motifs is 2. The fourth-order valence-electron chi connectivity index (χ4n) is 4.45. The van der Waals surface area contributed by atoms with Gasteiger partial charge in [-0.05, 0) is 72.9 Å². The summed E-state index contributed by atoms with van der Waals surface area (Å²) in [4.78, 5) is 33.1. The summed E-state index contributed by atoms with van der Waals surface area (Å²) < 4.78 is 6.23. The van der Waals surface area contributed by atoms with Crippen molar-refractivity contribution in [3.63, 3.8) is 0 Å². The third-order valence-electron chi connectivity index (χ3n) is 6.79. The number of carbonyl (C=O) groups is 2. The molecule has 2 aromatic heterocycles. The number of nitrogens with zero attached hydrogens (tertiary/aromatic N) is 1. The van der Waals surface area contributed by atoms with Gasteiger partial charge in [0.2, 0.25) is 5.91 Å². The number of thiazole rings is 1. The van der Waals surface area contributed by atoms with Crippen LogP contribution in [0.1, 0.15) is 41.7 Å². The monoisotopic (exact) mass is 510 g/mol. The Hall–Kier alpha value is -4.17. The van der Waals surface area contributed by atoms with Gasteiger partial charge in [0.1, 0.15) is 5.75 Å². The van der Waals surface area contributed by atoms with E-state index < -0.39 is 0 Å². The molecule has 186 valence electrons. The van der Waals surface area contributed by atoms with Crippen molar-refractivity contribution in [3.8, 4) is 16.9 Å². The van der Waals surface area contributed by atoms with Crippen molar-refractivity contribution >= 4 is 49.4 Å². The van der Waals surface area contributed by atoms with Gasteiger partial charge in [0.15, 0.2) is 5.13 Å². The van der Waals surface area contributed by atoms with Gasteiger partial charge in [-0.3, -0.25) is 9.59 Å². The zero-order valence-electron chi connectivity index (χ0n) is 20.5. The lowest BCUT2D eigenvalue weighted by Gasteiger charge is -2.14. The van der Waals surface area contributed by atoms with Gasteiger partial charge in [-0.2, -0.15) is 0 Å². The van der Waals surface area contributed by atoms with E-state index >= 15 is 0 Å². The van der Waals surface area contributed by atoms with Gasteiger partial charge < -0.3 is 20.4 Å². The number of methoxy groups -OCH3 is 1. The highest BCUT2D eigenvalue weighted by molar-refractivity contribution is 7.22. The van der Waals surface area contributed by atoms with Crippen LogP contribution >= 0.6 is 11.3 Å². The van der Waals surface area contributed by atoms with Crippen LogP contribution < -0.4 is 15.4 Å². The SMILES string of the molecule is COc1ccc([C@H](C)NC(=O)c2c[nH]c3ccc(-c4ccc5nc(NC(=O)C6CC6)sc5c4)cc23)cc1. The molecule has 1 aliphatic carbocycles. The summed E-state index contributed by atoms with van der Waals surface area (Å²) in [5, 5.41) is 7.54. The smallest absolute Gasteiger partial charge is 0.253 e. The number of rotatable bonds is 7. The van der Waals surface area contributed by atoms with E-state index in [0.29, 0.717) is 10.7 Å². The largest absolute Gasteiger partial charge is 0.497 e. The van der Waals surface area contributed by atoms with Gasteiger partial charge in [0.25, 0.3) is 5.91 Å². The number of nitrogens with one attached hydrogen (secondary N) is 3. The first-order valence-corrected chi connectivity index (χ1v) is 13.1. The quantitative estimate of drug-likeness (QED) is 0.240. The van der Waals surface area contributed by atoms with E-state index in [2.05, 4.69) is 26.7 Å². The second-order valence-electron chi connectivity index (χ2n) is 9.40. The fraction of sp³-hybridized carbons (Fsp3) is 0.207. The molecular weight excluding hydrogens is 484 g/mol. The van der Waals surface area contributed by atoms with Gasteiger partial charge in [0.05, 0.1) is 28.9 Å². The van der Waals surface area contributed by atoms with Crippen LogP contribution in [0, 0.1) is 5.92 Å². The number of H-pyrrole nitrogens is 1. The number of ether oxygens (including phenoxy) is 1. The third-order valence-corrected chi connectivity index (χ3v) is 7.72. The van der Waals surface area contributed by atoms with Crippen molar-refractivity contribution in [2.45, 2.75) is 25.8 Å². The average molecular weight is 511 g/mol. The first-order valence-electron chi connectivity index (χ1n) is 12.3. The predicted molar refractivity (Wildman–Crippen MR) is 147 cm³/mol. The molecular formula is C29H26N4O3S. The predicted octanol–water partition coefficient (Wildman–Crippen LogP) is 6.29. The van der Waals surface area contributed by atoms with Crippen LogP contribution in [0.15, 0.2) is 66.9 Å². The Morgan fingerprint density at radius 2 is 1.81 bits per heavy atom. The molecule has 0 unspecified atom stereocenters. The van der Waals surface area contributed by atoms with Crippen molar-refractivity contribution in [2.24, 2.45) is 5.92 Å². The Labute approximate surface area is 217 Å². The fourth-order valence-corrected chi connectivity index (χ4v) is 5.36. The lowest BCUT2D eigenvalue weighted by Crippen LogP contribution is -2.26. The zero-order chi connectivity index (χ0) is 25.5. The maximum absolute atomic E-state index is 13.2. The van der Waals surface area contributed by atoms with Gasteiger partial charge in [-0.15, -0.1) is 0 Å². The number of hydrogen-bond acceptors (Lipinski definition) is 5. The van der Waals surface area contributed by atoms with Gasteiger partial charge in [0, 0.05) is 23.0 Å². The highest BCUT2D eigenvalue weighted by Gasteiger charge is 2.30. The standard InChI is InChI=1S/C29H26N4O3S/c1-16(17-5-9-21(36-2)10-6-17)31-28(35)23-15-30-24-11-7-19(13-22(23)24)20-8-12-25-26(14-20)37-29(32-25)33-27(34)18-3-4-18/h5-16,18,30H,3-4H2,1-2H3,(H,31,35)(H,32,33,34)/t16-/m0/s1. The number of carbonyl (C=O) groups excluding carboxylic acids is 2. The molecule has 0 aliphatic heterocycles. The maximum Gasteiger partial charge on any atom is 0.253 e. The molecule has 3 aromatic carbocycles. The topological polar surface area (TPSA) is 96.1 Å². The summed E-state index contributed by atoms with van der Waals surface area (Å²) in [5.74, 6) is 0.841. The maximum atomic E-state index is 13.2. The van der Waals surface area contributed by atoms with E-state index in [-0.39, 0.29) is 23.8 Å². The molecule has 0 spiro atoms. The number of benzene rings is 3. The number of anilines is 1. The minimum absolute atomic E-state index is 0.0595. The second kappa shape index (κ2) is 9.37.